The van der Waals surface area contributed by atoms with Crippen molar-refractivity contribution in [2.24, 2.45) is 0 Å². The number of aryl methyl sites for hydroxylation is 1. The second kappa shape index (κ2) is 9.14. The summed E-state index contributed by atoms with van der Waals surface area (Å²) >= 11 is 6.15. The minimum absolute atomic E-state index is 0.0644. The first-order valence-electron chi connectivity index (χ1n) is 7.26. The largest absolute Gasteiger partial charge is 0.395 e. The lowest BCUT2D eigenvalue weighted by molar-refractivity contribution is -0.116. The van der Waals surface area contributed by atoms with Gasteiger partial charge >= 0.3 is 0 Å². The van der Waals surface area contributed by atoms with Crippen LogP contribution in [-0.2, 0) is 11.3 Å². The van der Waals surface area contributed by atoms with Gasteiger partial charge in [-0.2, -0.15) is 0 Å². The Morgan fingerprint density at radius 3 is 2.74 bits per heavy atom. The average molecular weight is 357 g/mol. The fourth-order valence-electron chi connectivity index (χ4n) is 1.95. The second-order valence-electron chi connectivity index (χ2n) is 5.30. The normalized spacial score (nSPS) is 14.9. The topological polar surface area (TPSA) is 92.3 Å². The van der Waals surface area contributed by atoms with Gasteiger partial charge in [0.2, 0.25) is 6.41 Å². The summed E-state index contributed by atoms with van der Waals surface area (Å²) in [4.78, 5) is 22.0. The summed E-state index contributed by atoms with van der Waals surface area (Å²) in [5, 5.41) is 9.32. The molecule has 2 unspecified atom stereocenters. The fraction of sp³-hybridized carbons (Fsp3) is 0.533. The van der Waals surface area contributed by atoms with Crippen LogP contribution in [0.3, 0.4) is 0 Å². The molecular formula is C15H24N4O2S2. The molecule has 2 atom stereocenters. The van der Waals surface area contributed by atoms with Crippen molar-refractivity contribution >= 4 is 36.6 Å². The van der Waals surface area contributed by atoms with Crippen LogP contribution in [0.15, 0.2) is 16.8 Å². The number of thiol groups is 1. The number of thioether (sulfide) groups is 1. The molecular weight excluding hydrogens is 332 g/mol. The van der Waals surface area contributed by atoms with E-state index in [1.165, 1.54) is 4.90 Å². The van der Waals surface area contributed by atoms with E-state index < -0.39 is 0 Å². The molecule has 3 N–H and O–H groups in total. The highest BCUT2D eigenvalue weighted by atomic mass is 32.2. The van der Waals surface area contributed by atoms with Crippen LogP contribution in [-0.4, -0.2) is 43.5 Å². The Morgan fingerprint density at radius 2 is 2.22 bits per heavy atom. The molecule has 0 spiro atoms. The van der Waals surface area contributed by atoms with Crippen LogP contribution in [0.25, 0.3) is 0 Å². The number of aliphatic hydroxyl groups is 1. The van der Waals surface area contributed by atoms with Crippen molar-refractivity contribution < 1.29 is 9.90 Å². The van der Waals surface area contributed by atoms with Gasteiger partial charge in [-0.25, -0.2) is 9.97 Å². The van der Waals surface area contributed by atoms with Gasteiger partial charge in [0.15, 0.2) is 0 Å². The first kappa shape index (κ1) is 19.8. The molecule has 0 aliphatic heterocycles. The van der Waals surface area contributed by atoms with E-state index in [9.17, 15) is 4.79 Å². The summed E-state index contributed by atoms with van der Waals surface area (Å²) in [7, 11) is 0. The third-order valence-electron chi connectivity index (χ3n) is 3.37. The van der Waals surface area contributed by atoms with E-state index in [4.69, 9.17) is 10.8 Å². The molecule has 128 valence electrons. The van der Waals surface area contributed by atoms with Gasteiger partial charge in [0.1, 0.15) is 11.6 Å². The van der Waals surface area contributed by atoms with E-state index in [2.05, 4.69) is 22.6 Å². The molecule has 6 nitrogen and oxygen atoms in total. The molecule has 0 aliphatic rings. The van der Waals surface area contributed by atoms with Gasteiger partial charge in [-0.1, -0.05) is 6.92 Å². The SMILES string of the molecule is C/C(=C(/S)C(C)SC(C)CO)N(C=O)Cc1cnc(C)nc1N. The van der Waals surface area contributed by atoms with Crippen LogP contribution in [0.2, 0.25) is 0 Å². The van der Waals surface area contributed by atoms with Crippen molar-refractivity contribution in [2.45, 2.75) is 44.7 Å². The predicted octanol–water partition coefficient (Wildman–Crippen LogP) is 1.99. The zero-order valence-electron chi connectivity index (χ0n) is 13.9. The Balaban J connectivity index is 2.94. The third-order valence-corrected chi connectivity index (χ3v) is 5.51. The molecule has 0 bridgehead atoms. The summed E-state index contributed by atoms with van der Waals surface area (Å²) in [6.45, 7) is 7.93. The monoisotopic (exact) mass is 356 g/mol. The highest BCUT2D eigenvalue weighted by molar-refractivity contribution is 8.01. The molecule has 0 radical (unpaired) electrons. The van der Waals surface area contributed by atoms with E-state index in [0.29, 0.717) is 23.8 Å². The lowest BCUT2D eigenvalue weighted by Crippen LogP contribution is -2.23. The van der Waals surface area contributed by atoms with Crippen LogP contribution < -0.4 is 5.73 Å². The van der Waals surface area contributed by atoms with Crippen LogP contribution in [0.5, 0.6) is 0 Å². The maximum Gasteiger partial charge on any atom is 0.214 e. The molecule has 1 heterocycles. The van der Waals surface area contributed by atoms with E-state index >= 15 is 0 Å². The van der Waals surface area contributed by atoms with Gasteiger partial charge in [-0.3, -0.25) is 4.79 Å². The van der Waals surface area contributed by atoms with Crippen LogP contribution in [0, 0.1) is 6.92 Å². The number of anilines is 1. The Labute approximate surface area is 147 Å². The zero-order chi connectivity index (χ0) is 17.6. The fourth-order valence-corrected chi connectivity index (χ4v) is 3.34. The summed E-state index contributed by atoms with van der Waals surface area (Å²) in [6.07, 6.45) is 2.38. The Bertz CT molecular complexity index is 581. The average Bonchev–Trinajstić information content (AvgIpc) is 2.52. The van der Waals surface area contributed by atoms with Gasteiger partial charge in [0.05, 0.1) is 13.2 Å². The molecule has 8 heteroatoms. The van der Waals surface area contributed by atoms with E-state index in [0.717, 1.165) is 17.0 Å². The molecule has 1 aromatic heterocycles. The number of carbonyl (C=O) groups is 1. The lowest BCUT2D eigenvalue weighted by Gasteiger charge is -2.24. The number of allylic oxidation sites excluding steroid dienone is 1. The van der Waals surface area contributed by atoms with Crippen LogP contribution in [0.4, 0.5) is 5.82 Å². The van der Waals surface area contributed by atoms with Gasteiger partial charge in [0, 0.05) is 32.9 Å². The third kappa shape index (κ3) is 5.71. The quantitative estimate of drug-likeness (QED) is 0.487. The number of nitrogen functional groups attached to an aromatic ring is 1. The number of aliphatic hydroxyl groups excluding tert-OH is 1. The minimum atomic E-state index is 0.0644. The number of nitrogens with two attached hydrogens (primary N) is 1. The van der Waals surface area contributed by atoms with Crippen molar-refractivity contribution in [1.29, 1.82) is 0 Å². The van der Waals surface area contributed by atoms with Crippen molar-refractivity contribution in [2.75, 3.05) is 12.3 Å². The maximum atomic E-state index is 11.5. The van der Waals surface area contributed by atoms with Crippen LogP contribution >= 0.6 is 24.4 Å². The first-order chi connectivity index (χ1) is 10.8. The number of rotatable bonds is 8. The molecule has 23 heavy (non-hydrogen) atoms. The van der Waals surface area contributed by atoms with E-state index in [1.54, 1.807) is 24.9 Å². The van der Waals surface area contributed by atoms with Crippen LogP contribution in [0.1, 0.15) is 32.2 Å². The Hall–Kier alpha value is -1.25. The molecule has 0 saturated carbocycles. The van der Waals surface area contributed by atoms with Crippen molar-refractivity contribution in [1.82, 2.24) is 14.9 Å². The number of amides is 1. The van der Waals surface area contributed by atoms with E-state index in [-0.39, 0.29) is 17.1 Å². The highest BCUT2D eigenvalue weighted by Crippen LogP contribution is 2.29. The van der Waals surface area contributed by atoms with Crippen molar-refractivity contribution in [3.05, 3.63) is 28.2 Å². The predicted molar refractivity (Wildman–Crippen MR) is 98.1 cm³/mol. The molecule has 1 amide bonds. The number of hydrogen-bond acceptors (Lipinski definition) is 7. The molecule has 0 saturated heterocycles. The smallest absolute Gasteiger partial charge is 0.214 e. The van der Waals surface area contributed by atoms with Gasteiger partial charge in [0.25, 0.3) is 0 Å². The first-order valence-corrected chi connectivity index (χ1v) is 8.65. The standard InChI is InChI=1S/C15H24N4O2S2/c1-9(7-20)23-11(3)14(22)10(2)19(8-21)6-13-5-17-12(4)18-15(13)16/h5,8-9,11,20,22H,6-7H2,1-4H3,(H2,16,17,18)/b14-10-. The second-order valence-corrected chi connectivity index (χ2v) is 7.57. The van der Waals surface area contributed by atoms with Gasteiger partial charge < -0.3 is 15.7 Å². The number of hydrogen-bond donors (Lipinski definition) is 3. The number of carbonyl (C=O) groups excluding carboxylic acids is 1. The van der Waals surface area contributed by atoms with Crippen molar-refractivity contribution in [3.63, 3.8) is 0 Å². The number of nitrogens with zero attached hydrogens (tertiary/aromatic N) is 3. The maximum absolute atomic E-state index is 11.5. The van der Waals surface area contributed by atoms with Crippen molar-refractivity contribution in [3.8, 4) is 0 Å². The zero-order valence-corrected chi connectivity index (χ0v) is 15.6. The lowest BCUT2D eigenvalue weighted by atomic mass is 10.2. The number of aromatic nitrogens is 2. The molecule has 1 aromatic rings. The molecule has 1 rings (SSSR count). The van der Waals surface area contributed by atoms with Gasteiger partial charge in [-0.05, 0) is 20.8 Å². The summed E-state index contributed by atoms with van der Waals surface area (Å²) in [6, 6.07) is 0. The summed E-state index contributed by atoms with van der Waals surface area (Å²) in [5.74, 6) is 0.961. The summed E-state index contributed by atoms with van der Waals surface area (Å²) in [5.41, 5.74) is 7.31. The summed E-state index contributed by atoms with van der Waals surface area (Å²) < 4.78 is 0. The van der Waals surface area contributed by atoms with E-state index in [1.807, 2.05) is 20.8 Å². The van der Waals surface area contributed by atoms with Gasteiger partial charge in [-0.15, -0.1) is 24.4 Å². The molecule has 0 aliphatic carbocycles. The minimum Gasteiger partial charge on any atom is -0.395 e. The Morgan fingerprint density at radius 1 is 1.57 bits per heavy atom. The molecule has 0 aromatic carbocycles. The Kier molecular flexibility index (Phi) is 7.87. The molecule has 0 fully saturated rings. The highest BCUT2D eigenvalue weighted by Gasteiger charge is 2.17.